The van der Waals surface area contributed by atoms with E-state index in [-0.39, 0.29) is 37.3 Å². The number of benzene rings is 1. The summed E-state index contributed by atoms with van der Waals surface area (Å²) in [5, 5.41) is 8.73. The second-order valence-electron chi connectivity index (χ2n) is 4.43. The van der Waals surface area contributed by atoms with Crippen LogP contribution in [0.1, 0.15) is 6.42 Å². The maximum Gasteiger partial charge on any atom is 0.265 e. The molecule has 2 N–H and O–H groups in total. The van der Waals surface area contributed by atoms with Crippen molar-refractivity contribution in [1.29, 1.82) is 0 Å². The van der Waals surface area contributed by atoms with E-state index < -0.39 is 0 Å². The monoisotopic (exact) mass is 287 g/mol. The molecular weight excluding hydrogens is 274 g/mol. The van der Waals surface area contributed by atoms with E-state index in [1.54, 1.807) is 17.0 Å². The first-order valence-electron chi connectivity index (χ1n) is 6.41. The molecule has 0 saturated carbocycles. The van der Waals surface area contributed by atoms with Gasteiger partial charge in [0, 0.05) is 13.0 Å². The van der Waals surface area contributed by atoms with Gasteiger partial charge < -0.3 is 9.64 Å². The summed E-state index contributed by atoms with van der Waals surface area (Å²) in [6.07, 6.45) is 1.46. The number of carbonyl (C=O) groups is 2. The molecule has 1 aliphatic heterocycles. The Morgan fingerprint density at radius 1 is 1.43 bits per heavy atom. The van der Waals surface area contributed by atoms with Crippen molar-refractivity contribution in [2.75, 3.05) is 23.4 Å². The molecule has 108 valence electrons. The highest BCUT2D eigenvalue weighted by Gasteiger charge is 2.25. The number of fused-ring (bicyclic) bond motifs is 1. The number of anilines is 2. The SMILES string of the molecule is O=C(CCN1C(=O)COc2ccccc21)Nc1ncn[nH]1. The van der Waals surface area contributed by atoms with Gasteiger partial charge in [-0.15, -0.1) is 0 Å². The molecule has 0 aliphatic carbocycles. The minimum absolute atomic E-state index is 0.0132. The summed E-state index contributed by atoms with van der Waals surface area (Å²) in [6, 6.07) is 7.25. The lowest BCUT2D eigenvalue weighted by atomic mass is 10.2. The average molecular weight is 287 g/mol. The minimum Gasteiger partial charge on any atom is -0.482 e. The molecule has 3 rings (SSSR count). The van der Waals surface area contributed by atoms with E-state index in [0.29, 0.717) is 11.4 Å². The number of aromatic amines is 1. The van der Waals surface area contributed by atoms with Gasteiger partial charge in [-0.05, 0) is 12.1 Å². The zero-order valence-corrected chi connectivity index (χ0v) is 11.1. The van der Waals surface area contributed by atoms with Crippen LogP contribution in [0.3, 0.4) is 0 Å². The topological polar surface area (TPSA) is 100 Å². The van der Waals surface area contributed by atoms with Crippen LogP contribution in [0.25, 0.3) is 0 Å². The first kappa shape index (κ1) is 13.1. The molecule has 0 bridgehead atoms. The third-order valence-corrected chi connectivity index (χ3v) is 3.04. The molecule has 2 amide bonds. The van der Waals surface area contributed by atoms with Gasteiger partial charge in [-0.1, -0.05) is 12.1 Å². The fourth-order valence-corrected chi connectivity index (χ4v) is 2.07. The largest absolute Gasteiger partial charge is 0.482 e. The van der Waals surface area contributed by atoms with Crippen molar-refractivity contribution in [3.63, 3.8) is 0 Å². The molecule has 1 aromatic heterocycles. The zero-order chi connectivity index (χ0) is 14.7. The predicted molar refractivity (Wildman–Crippen MR) is 73.9 cm³/mol. The van der Waals surface area contributed by atoms with Crippen LogP contribution in [0, 0.1) is 0 Å². The van der Waals surface area contributed by atoms with Crippen LogP contribution in [0.2, 0.25) is 0 Å². The van der Waals surface area contributed by atoms with Gasteiger partial charge in [0.05, 0.1) is 5.69 Å². The molecule has 1 aliphatic rings. The highest BCUT2D eigenvalue weighted by Crippen LogP contribution is 2.31. The number of rotatable bonds is 4. The maximum absolute atomic E-state index is 11.9. The molecular formula is C13H13N5O3. The lowest BCUT2D eigenvalue weighted by molar-refractivity contribution is -0.121. The van der Waals surface area contributed by atoms with Crippen molar-refractivity contribution in [3.05, 3.63) is 30.6 Å². The van der Waals surface area contributed by atoms with E-state index in [9.17, 15) is 9.59 Å². The van der Waals surface area contributed by atoms with Crippen molar-refractivity contribution in [2.24, 2.45) is 0 Å². The average Bonchev–Trinajstić information content (AvgIpc) is 2.99. The van der Waals surface area contributed by atoms with Gasteiger partial charge in [0.2, 0.25) is 11.9 Å². The second-order valence-corrected chi connectivity index (χ2v) is 4.43. The summed E-state index contributed by atoms with van der Waals surface area (Å²) >= 11 is 0. The van der Waals surface area contributed by atoms with Crippen molar-refractivity contribution in [3.8, 4) is 5.75 Å². The molecule has 0 atom stereocenters. The van der Waals surface area contributed by atoms with Crippen LogP contribution in [-0.4, -0.2) is 40.1 Å². The van der Waals surface area contributed by atoms with E-state index in [4.69, 9.17) is 4.74 Å². The molecule has 2 heterocycles. The van der Waals surface area contributed by atoms with E-state index in [1.807, 2.05) is 12.1 Å². The van der Waals surface area contributed by atoms with Gasteiger partial charge in [0.1, 0.15) is 12.1 Å². The first-order valence-corrected chi connectivity index (χ1v) is 6.41. The summed E-state index contributed by atoms with van der Waals surface area (Å²) in [6.45, 7) is 0.264. The molecule has 0 unspecified atom stereocenters. The number of hydrogen-bond acceptors (Lipinski definition) is 5. The smallest absolute Gasteiger partial charge is 0.265 e. The van der Waals surface area contributed by atoms with Crippen LogP contribution in [0.5, 0.6) is 5.75 Å². The molecule has 0 radical (unpaired) electrons. The summed E-state index contributed by atoms with van der Waals surface area (Å²) in [5.74, 6) is 0.520. The zero-order valence-electron chi connectivity index (χ0n) is 11.1. The van der Waals surface area contributed by atoms with E-state index in [2.05, 4.69) is 20.5 Å². The first-order chi connectivity index (χ1) is 10.2. The summed E-state index contributed by atoms with van der Waals surface area (Å²) in [4.78, 5) is 29.1. The standard InChI is InChI=1S/C13H13N5O3/c19-11(16-13-14-8-15-17-13)5-6-18-9-3-1-2-4-10(9)21-7-12(18)20/h1-4,8H,5-7H2,(H2,14,15,16,17,19). The van der Waals surface area contributed by atoms with Crippen LogP contribution < -0.4 is 15.0 Å². The Bertz CT molecular complexity index is 656. The van der Waals surface area contributed by atoms with Crippen molar-refractivity contribution in [2.45, 2.75) is 6.42 Å². The summed E-state index contributed by atoms with van der Waals surface area (Å²) in [7, 11) is 0. The van der Waals surface area contributed by atoms with Gasteiger partial charge in [-0.25, -0.2) is 5.10 Å². The number of aromatic nitrogens is 3. The van der Waals surface area contributed by atoms with Crippen molar-refractivity contribution in [1.82, 2.24) is 15.2 Å². The van der Waals surface area contributed by atoms with Gasteiger partial charge in [-0.2, -0.15) is 10.1 Å². The Kier molecular flexibility index (Phi) is 3.50. The van der Waals surface area contributed by atoms with Crippen molar-refractivity contribution >= 4 is 23.5 Å². The predicted octanol–water partition coefficient (Wildman–Crippen LogP) is 0.559. The minimum atomic E-state index is -0.247. The third-order valence-electron chi connectivity index (χ3n) is 3.04. The molecule has 0 spiro atoms. The molecule has 8 nitrogen and oxygen atoms in total. The molecule has 0 fully saturated rings. The van der Waals surface area contributed by atoms with Crippen LogP contribution in [0.4, 0.5) is 11.6 Å². The molecule has 0 saturated heterocycles. The van der Waals surface area contributed by atoms with Crippen molar-refractivity contribution < 1.29 is 14.3 Å². The Balaban J connectivity index is 1.64. The fraction of sp³-hybridized carbons (Fsp3) is 0.231. The molecule has 1 aromatic carbocycles. The third kappa shape index (κ3) is 2.83. The summed E-state index contributed by atoms with van der Waals surface area (Å²) in [5.41, 5.74) is 0.682. The molecule has 2 aromatic rings. The molecule has 8 heteroatoms. The number of nitrogens with one attached hydrogen (secondary N) is 2. The summed E-state index contributed by atoms with van der Waals surface area (Å²) < 4.78 is 5.34. The van der Waals surface area contributed by atoms with E-state index in [1.165, 1.54) is 6.33 Å². The Hall–Kier alpha value is -2.90. The lowest BCUT2D eigenvalue weighted by Gasteiger charge is -2.29. The number of ether oxygens (including phenoxy) is 1. The van der Waals surface area contributed by atoms with E-state index in [0.717, 1.165) is 0 Å². The van der Waals surface area contributed by atoms with Crippen LogP contribution in [-0.2, 0) is 9.59 Å². The number of amides is 2. The number of hydrogen-bond donors (Lipinski definition) is 2. The fourth-order valence-electron chi connectivity index (χ4n) is 2.07. The van der Waals surface area contributed by atoms with Crippen LogP contribution >= 0.6 is 0 Å². The number of carbonyl (C=O) groups excluding carboxylic acids is 2. The van der Waals surface area contributed by atoms with Gasteiger partial charge in [0.15, 0.2) is 6.61 Å². The quantitative estimate of drug-likeness (QED) is 0.855. The van der Waals surface area contributed by atoms with Gasteiger partial charge in [0.25, 0.3) is 5.91 Å². The van der Waals surface area contributed by atoms with Crippen LogP contribution in [0.15, 0.2) is 30.6 Å². The molecule has 21 heavy (non-hydrogen) atoms. The Morgan fingerprint density at radius 3 is 3.10 bits per heavy atom. The maximum atomic E-state index is 11.9. The van der Waals surface area contributed by atoms with E-state index >= 15 is 0 Å². The number of para-hydroxylation sites is 2. The lowest BCUT2D eigenvalue weighted by Crippen LogP contribution is -2.40. The Morgan fingerprint density at radius 2 is 2.29 bits per heavy atom. The van der Waals surface area contributed by atoms with Gasteiger partial charge >= 0.3 is 0 Å². The normalized spacial score (nSPS) is 13.5. The number of H-pyrrole nitrogens is 1. The second kappa shape index (κ2) is 5.61. The highest BCUT2D eigenvalue weighted by molar-refractivity contribution is 5.98. The Labute approximate surface area is 120 Å². The highest BCUT2D eigenvalue weighted by atomic mass is 16.5. The number of nitrogens with zero attached hydrogens (tertiary/aromatic N) is 3. The van der Waals surface area contributed by atoms with Gasteiger partial charge in [-0.3, -0.25) is 14.9 Å².